The van der Waals surface area contributed by atoms with Gasteiger partial charge in [-0.1, -0.05) is 200 Å². The van der Waals surface area contributed by atoms with Crippen molar-refractivity contribution >= 4 is 38.6 Å². The number of hydrogen-bond acceptors (Lipinski definition) is 1. The van der Waals surface area contributed by atoms with Crippen LogP contribution in [0.15, 0.2) is 236 Å². The van der Waals surface area contributed by atoms with Crippen molar-refractivity contribution in [2.45, 2.75) is 5.41 Å². The molecule has 0 aliphatic heterocycles. The lowest BCUT2D eigenvalue weighted by Crippen LogP contribution is -2.28. The lowest BCUT2D eigenvalue weighted by Gasteiger charge is -2.35. The maximum absolute atomic E-state index is 10.1. The van der Waals surface area contributed by atoms with E-state index in [-0.39, 0.29) is 58.8 Å². The Kier molecular flexibility index (Phi) is 6.33. The van der Waals surface area contributed by atoms with Gasteiger partial charge in [0.15, 0.2) is 0 Å². The Labute approximate surface area is 351 Å². The maximum Gasteiger partial charge on any atom is 0.0714 e. The summed E-state index contributed by atoms with van der Waals surface area (Å²) in [4.78, 5) is 1.47. The van der Waals surface area contributed by atoms with Gasteiger partial charge in [0.25, 0.3) is 0 Å². The molecule has 0 bridgehead atoms. The molecule has 11 rings (SSSR count). The van der Waals surface area contributed by atoms with Crippen molar-refractivity contribution in [2.24, 2.45) is 0 Å². The standard InChI is InChI=1S/C57H39N/c1-3-21-44(22-4-1)57(45-23-5-2-6-24-45)55-31-12-11-28-53(55)54-37-36-48(39-56(54)57)58(46-34-32-42(33-35-46)51-29-14-18-40-16-7-9-26-49(40)51)47-25-13-20-43(38-47)52-30-15-19-41-17-8-10-27-50(41)52/h1-39H/i13D,20D,25D,32D,33D,34D,35D,38D. The second-order valence-electron chi connectivity index (χ2n) is 14.6. The Bertz CT molecular complexity index is 3510. The zero-order chi connectivity index (χ0) is 45.4. The van der Waals surface area contributed by atoms with Crippen molar-refractivity contribution in [1.82, 2.24) is 0 Å². The average molecular weight is 746 g/mol. The summed E-state index contributed by atoms with van der Waals surface area (Å²) in [5.74, 6) is 0. The Hall–Kier alpha value is -7.48. The van der Waals surface area contributed by atoms with Crippen LogP contribution in [0.5, 0.6) is 0 Å². The highest BCUT2D eigenvalue weighted by Gasteiger charge is 2.46. The molecule has 0 atom stereocenters. The van der Waals surface area contributed by atoms with Crippen LogP contribution in [0.2, 0.25) is 0 Å². The van der Waals surface area contributed by atoms with Crippen molar-refractivity contribution in [1.29, 1.82) is 0 Å². The van der Waals surface area contributed by atoms with Crippen LogP contribution in [0.3, 0.4) is 0 Å². The number of fused-ring (bicyclic) bond motifs is 5. The molecular weight excluding hydrogens is 699 g/mol. The van der Waals surface area contributed by atoms with Gasteiger partial charge in [0, 0.05) is 17.1 Å². The summed E-state index contributed by atoms with van der Waals surface area (Å²) >= 11 is 0. The number of nitrogens with zero attached hydrogens (tertiary/aromatic N) is 1. The van der Waals surface area contributed by atoms with Crippen molar-refractivity contribution < 1.29 is 11.0 Å². The van der Waals surface area contributed by atoms with E-state index in [0.717, 1.165) is 54.9 Å². The molecule has 58 heavy (non-hydrogen) atoms. The van der Waals surface area contributed by atoms with E-state index in [4.69, 9.17) is 0 Å². The van der Waals surface area contributed by atoms with Crippen LogP contribution in [-0.2, 0) is 5.41 Å². The van der Waals surface area contributed by atoms with Gasteiger partial charge in [0.2, 0.25) is 0 Å². The number of rotatable bonds is 7. The molecule has 0 amide bonds. The van der Waals surface area contributed by atoms with Gasteiger partial charge < -0.3 is 4.90 Å². The number of hydrogen-bond donors (Lipinski definition) is 0. The van der Waals surface area contributed by atoms with E-state index in [2.05, 4.69) is 36.4 Å². The summed E-state index contributed by atoms with van der Waals surface area (Å²) in [6.45, 7) is 0. The molecular formula is C57H39N. The van der Waals surface area contributed by atoms with Crippen molar-refractivity contribution in [2.75, 3.05) is 4.90 Å². The van der Waals surface area contributed by atoms with Gasteiger partial charge in [0.05, 0.1) is 16.4 Å². The summed E-state index contributed by atoms with van der Waals surface area (Å²) in [5, 5.41) is 3.28. The summed E-state index contributed by atoms with van der Waals surface area (Å²) < 4.78 is 77.6. The SMILES string of the molecule is [2H]c1c([2H])c(-c2cccc3ccccc23)c([2H])c(N(c2ccc3c(c2)C(c2ccccc2)(c2ccccc2)c2ccccc2-3)c2c([2H])c([2H])c(-c3cccc4ccccc34)c([2H])c2[2H])c1[2H]. The zero-order valence-corrected chi connectivity index (χ0v) is 31.3. The molecule has 0 saturated carbocycles. The molecule has 0 saturated heterocycles. The van der Waals surface area contributed by atoms with Crippen LogP contribution in [0.1, 0.15) is 33.2 Å². The van der Waals surface area contributed by atoms with Crippen LogP contribution >= 0.6 is 0 Å². The fraction of sp³-hybridized carbons (Fsp3) is 0.0175. The van der Waals surface area contributed by atoms with E-state index in [1.54, 1.807) is 12.1 Å². The van der Waals surface area contributed by atoms with E-state index in [1.807, 2.05) is 140 Å². The van der Waals surface area contributed by atoms with E-state index in [0.29, 0.717) is 16.8 Å². The first kappa shape index (κ1) is 26.4. The molecule has 10 aromatic carbocycles. The number of anilines is 3. The van der Waals surface area contributed by atoms with Gasteiger partial charge in [0.1, 0.15) is 0 Å². The van der Waals surface area contributed by atoms with Crippen LogP contribution in [0, 0.1) is 0 Å². The Morgan fingerprint density at radius 2 is 0.897 bits per heavy atom. The minimum atomic E-state index is -0.865. The van der Waals surface area contributed by atoms with Gasteiger partial charge in [-0.25, -0.2) is 0 Å². The van der Waals surface area contributed by atoms with Crippen LogP contribution in [0.4, 0.5) is 17.1 Å². The normalized spacial score (nSPS) is 14.6. The van der Waals surface area contributed by atoms with Crippen LogP contribution < -0.4 is 4.90 Å². The first-order valence-corrected chi connectivity index (χ1v) is 19.5. The van der Waals surface area contributed by atoms with Gasteiger partial charge in [-0.05, 0) is 113 Å². The molecule has 10 aromatic rings. The molecule has 1 aliphatic rings. The average Bonchev–Trinajstić information content (AvgIpc) is 3.66. The molecule has 0 N–H and O–H groups in total. The highest BCUT2D eigenvalue weighted by atomic mass is 15.1. The van der Waals surface area contributed by atoms with Crippen LogP contribution in [0.25, 0.3) is 54.9 Å². The quantitative estimate of drug-likeness (QED) is 0.157. The van der Waals surface area contributed by atoms with E-state index >= 15 is 0 Å². The first-order chi connectivity index (χ1) is 32.1. The van der Waals surface area contributed by atoms with E-state index in [9.17, 15) is 11.0 Å². The molecule has 1 aliphatic carbocycles. The maximum atomic E-state index is 10.1. The molecule has 0 spiro atoms. The van der Waals surface area contributed by atoms with Crippen molar-refractivity contribution in [3.05, 3.63) is 259 Å². The highest BCUT2D eigenvalue weighted by molar-refractivity contribution is 5.99. The molecule has 0 aromatic heterocycles. The van der Waals surface area contributed by atoms with E-state index < -0.39 is 17.5 Å². The summed E-state index contributed by atoms with van der Waals surface area (Å²) in [6.07, 6.45) is 0. The second kappa shape index (κ2) is 13.9. The third-order valence-corrected chi connectivity index (χ3v) is 11.5. The summed E-state index contributed by atoms with van der Waals surface area (Å²) in [5.41, 5.74) is 6.39. The molecule has 0 unspecified atom stereocenters. The van der Waals surface area contributed by atoms with Crippen molar-refractivity contribution in [3.63, 3.8) is 0 Å². The second-order valence-corrected chi connectivity index (χ2v) is 14.6. The van der Waals surface area contributed by atoms with Gasteiger partial charge >= 0.3 is 0 Å². The highest BCUT2D eigenvalue weighted by Crippen LogP contribution is 2.57. The Balaban J connectivity index is 1.26. The van der Waals surface area contributed by atoms with Crippen LogP contribution in [-0.4, -0.2) is 0 Å². The molecule has 0 radical (unpaired) electrons. The third kappa shape index (κ3) is 5.39. The molecule has 0 heterocycles. The molecule has 1 nitrogen and oxygen atoms in total. The largest absolute Gasteiger partial charge is 0.310 e. The first-order valence-electron chi connectivity index (χ1n) is 23.5. The monoisotopic (exact) mass is 745 g/mol. The summed E-state index contributed by atoms with van der Waals surface area (Å²) in [7, 11) is 0. The third-order valence-electron chi connectivity index (χ3n) is 11.5. The number of benzene rings is 10. The fourth-order valence-electron chi connectivity index (χ4n) is 8.96. The Morgan fingerprint density at radius 1 is 0.362 bits per heavy atom. The minimum Gasteiger partial charge on any atom is -0.310 e. The topological polar surface area (TPSA) is 3.24 Å². The van der Waals surface area contributed by atoms with Gasteiger partial charge in [-0.2, -0.15) is 0 Å². The lowest BCUT2D eigenvalue weighted by molar-refractivity contribution is 0.768. The lowest BCUT2D eigenvalue weighted by atomic mass is 9.67. The summed E-state index contributed by atoms with van der Waals surface area (Å²) in [6, 6.07) is 58.2. The van der Waals surface area contributed by atoms with Gasteiger partial charge in [-0.15, -0.1) is 0 Å². The zero-order valence-electron chi connectivity index (χ0n) is 39.3. The molecule has 272 valence electrons. The van der Waals surface area contributed by atoms with Gasteiger partial charge in [-0.3, -0.25) is 0 Å². The smallest absolute Gasteiger partial charge is 0.0714 e. The molecule has 0 fully saturated rings. The Morgan fingerprint density at radius 3 is 1.57 bits per heavy atom. The minimum absolute atomic E-state index is 0.118. The predicted octanol–water partition coefficient (Wildman–Crippen LogP) is 15.2. The van der Waals surface area contributed by atoms with E-state index in [1.165, 1.54) is 4.90 Å². The fourth-order valence-corrected chi connectivity index (χ4v) is 8.96. The molecule has 1 heteroatoms. The van der Waals surface area contributed by atoms with Crippen molar-refractivity contribution in [3.8, 4) is 33.4 Å². The predicted molar refractivity (Wildman–Crippen MR) is 244 cm³/mol.